The molecule has 0 spiro atoms. The smallest absolute Gasteiger partial charge is 0.0414 e. The van der Waals surface area contributed by atoms with Crippen LogP contribution in [0, 0.1) is 12.3 Å². The summed E-state index contributed by atoms with van der Waals surface area (Å²) in [6.45, 7) is 6.81. The van der Waals surface area contributed by atoms with Gasteiger partial charge in [-0.1, -0.05) is 50.1 Å². The van der Waals surface area contributed by atoms with Gasteiger partial charge in [0.05, 0.1) is 0 Å². The molecule has 1 aromatic rings. The molecule has 0 aromatic heterocycles. The summed E-state index contributed by atoms with van der Waals surface area (Å²) in [7, 11) is 0. The van der Waals surface area contributed by atoms with Crippen LogP contribution in [0.3, 0.4) is 0 Å². The van der Waals surface area contributed by atoms with Gasteiger partial charge in [-0.05, 0) is 37.2 Å². The SMILES string of the molecule is Cc1cccc(C2(N)CCCC(C)(C)C2)c1. The van der Waals surface area contributed by atoms with Crippen molar-refractivity contribution in [2.75, 3.05) is 0 Å². The summed E-state index contributed by atoms with van der Waals surface area (Å²) >= 11 is 0. The molecule has 0 radical (unpaired) electrons. The van der Waals surface area contributed by atoms with Crippen LogP contribution < -0.4 is 5.73 Å². The average molecular weight is 217 g/mol. The third-order valence-corrected chi connectivity index (χ3v) is 3.86. The molecule has 1 aromatic carbocycles. The summed E-state index contributed by atoms with van der Waals surface area (Å²) in [5.74, 6) is 0. The molecule has 2 N–H and O–H groups in total. The molecule has 16 heavy (non-hydrogen) atoms. The molecule has 0 saturated heterocycles. The maximum absolute atomic E-state index is 6.62. The average Bonchev–Trinajstić information content (AvgIpc) is 2.15. The zero-order chi connectivity index (χ0) is 11.8. The number of rotatable bonds is 1. The number of hydrogen-bond donors (Lipinski definition) is 1. The largest absolute Gasteiger partial charge is 0.321 e. The lowest BCUT2D eigenvalue weighted by Crippen LogP contribution is -2.44. The minimum atomic E-state index is -0.103. The molecular formula is C15H23N. The van der Waals surface area contributed by atoms with Gasteiger partial charge in [-0.15, -0.1) is 0 Å². The first-order chi connectivity index (χ1) is 7.41. The fourth-order valence-corrected chi connectivity index (χ4v) is 3.11. The van der Waals surface area contributed by atoms with Crippen LogP contribution in [0.2, 0.25) is 0 Å². The summed E-state index contributed by atoms with van der Waals surface area (Å²) in [5, 5.41) is 0. The Bertz CT molecular complexity index is 381. The van der Waals surface area contributed by atoms with Crippen LogP contribution in [0.15, 0.2) is 24.3 Å². The van der Waals surface area contributed by atoms with Gasteiger partial charge in [0.1, 0.15) is 0 Å². The van der Waals surface area contributed by atoms with E-state index in [1.54, 1.807) is 0 Å². The second-order valence-corrected chi connectivity index (χ2v) is 6.22. The Morgan fingerprint density at radius 2 is 1.94 bits per heavy atom. The molecule has 1 unspecified atom stereocenters. The summed E-state index contributed by atoms with van der Waals surface area (Å²) < 4.78 is 0. The second-order valence-electron chi connectivity index (χ2n) is 6.22. The van der Waals surface area contributed by atoms with Crippen molar-refractivity contribution in [3.63, 3.8) is 0 Å². The van der Waals surface area contributed by atoms with Crippen LogP contribution in [0.4, 0.5) is 0 Å². The fraction of sp³-hybridized carbons (Fsp3) is 0.600. The predicted octanol–water partition coefficient (Wildman–Crippen LogP) is 3.75. The number of hydrogen-bond acceptors (Lipinski definition) is 1. The minimum absolute atomic E-state index is 0.103. The van der Waals surface area contributed by atoms with E-state index >= 15 is 0 Å². The van der Waals surface area contributed by atoms with Crippen LogP contribution in [-0.4, -0.2) is 0 Å². The molecule has 1 heteroatoms. The van der Waals surface area contributed by atoms with E-state index in [1.807, 2.05) is 0 Å². The van der Waals surface area contributed by atoms with Gasteiger partial charge in [-0.2, -0.15) is 0 Å². The van der Waals surface area contributed by atoms with Gasteiger partial charge < -0.3 is 5.73 Å². The zero-order valence-corrected chi connectivity index (χ0v) is 10.7. The topological polar surface area (TPSA) is 26.0 Å². The lowest BCUT2D eigenvalue weighted by atomic mass is 9.66. The van der Waals surface area contributed by atoms with Gasteiger partial charge in [-0.25, -0.2) is 0 Å². The lowest BCUT2D eigenvalue weighted by Gasteiger charge is -2.43. The highest BCUT2D eigenvalue weighted by molar-refractivity contribution is 5.29. The molecule has 88 valence electrons. The summed E-state index contributed by atoms with van der Waals surface area (Å²) in [5.41, 5.74) is 9.54. The van der Waals surface area contributed by atoms with Gasteiger partial charge in [-0.3, -0.25) is 0 Å². The summed E-state index contributed by atoms with van der Waals surface area (Å²) in [4.78, 5) is 0. The van der Waals surface area contributed by atoms with Gasteiger partial charge in [0.15, 0.2) is 0 Å². The van der Waals surface area contributed by atoms with E-state index in [-0.39, 0.29) is 5.54 Å². The van der Waals surface area contributed by atoms with Crippen molar-refractivity contribution < 1.29 is 0 Å². The highest BCUT2D eigenvalue weighted by Gasteiger charge is 2.38. The first kappa shape index (κ1) is 11.7. The van der Waals surface area contributed by atoms with Crippen molar-refractivity contribution >= 4 is 0 Å². The molecule has 1 fully saturated rings. The number of aryl methyl sites for hydroxylation is 1. The minimum Gasteiger partial charge on any atom is -0.321 e. The van der Waals surface area contributed by atoms with Crippen LogP contribution >= 0.6 is 0 Å². The van der Waals surface area contributed by atoms with Crippen LogP contribution in [-0.2, 0) is 5.54 Å². The number of nitrogens with two attached hydrogens (primary N) is 1. The van der Waals surface area contributed by atoms with Crippen molar-refractivity contribution in [2.24, 2.45) is 11.1 Å². The Hall–Kier alpha value is -0.820. The Morgan fingerprint density at radius 1 is 1.19 bits per heavy atom. The highest BCUT2D eigenvalue weighted by Crippen LogP contribution is 2.44. The van der Waals surface area contributed by atoms with E-state index in [4.69, 9.17) is 5.73 Å². The van der Waals surface area contributed by atoms with Gasteiger partial charge in [0.2, 0.25) is 0 Å². The van der Waals surface area contributed by atoms with Crippen LogP contribution in [0.5, 0.6) is 0 Å². The van der Waals surface area contributed by atoms with Crippen LogP contribution in [0.25, 0.3) is 0 Å². The fourth-order valence-electron chi connectivity index (χ4n) is 3.11. The van der Waals surface area contributed by atoms with E-state index in [2.05, 4.69) is 45.0 Å². The number of benzene rings is 1. The molecule has 1 nitrogen and oxygen atoms in total. The van der Waals surface area contributed by atoms with Gasteiger partial charge >= 0.3 is 0 Å². The summed E-state index contributed by atoms with van der Waals surface area (Å²) in [6, 6.07) is 8.71. The third-order valence-electron chi connectivity index (χ3n) is 3.86. The van der Waals surface area contributed by atoms with E-state index in [0.717, 1.165) is 12.8 Å². The van der Waals surface area contributed by atoms with Crippen molar-refractivity contribution in [3.8, 4) is 0 Å². The molecule has 0 amide bonds. The first-order valence-corrected chi connectivity index (χ1v) is 6.27. The Balaban J connectivity index is 2.31. The molecule has 1 saturated carbocycles. The quantitative estimate of drug-likeness (QED) is 0.761. The standard InChI is InChI=1S/C15H23N/c1-12-6-4-7-13(10-12)15(16)9-5-8-14(2,3)11-15/h4,6-7,10H,5,8-9,11,16H2,1-3H3. The first-order valence-electron chi connectivity index (χ1n) is 6.27. The Labute approximate surface area is 99.0 Å². The van der Waals surface area contributed by atoms with E-state index in [9.17, 15) is 0 Å². The highest BCUT2D eigenvalue weighted by atomic mass is 14.8. The van der Waals surface area contributed by atoms with Gasteiger partial charge in [0, 0.05) is 5.54 Å². The Kier molecular flexibility index (Phi) is 2.83. The normalized spacial score (nSPS) is 29.0. The van der Waals surface area contributed by atoms with Crippen molar-refractivity contribution in [2.45, 2.75) is 52.0 Å². The molecular weight excluding hydrogens is 194 g/mol. The lowest BCUT2D eigenvalue weighted by molar-refractivity contribution is 0.151. The van der Waals surface area contributed by atoms with Crippen molar-refractivity contribution in [3.05, 3.63) is 35.4 Å². The third kappa shape index (κ3) is 2.30. The molecule has 0 bridgehead atoms. The predicted molar refractivity (Wildman–Crippen MR) is 69.3 cm³/mol. The zero-order valence-electron chi connectivity index (χ0n) is 10.7. The maximum atomic E-state index is 6.62. The molecule has 0 aliphatic heterocycles. The van der Waals surface area contributed by atoms with E-state index < -0.39 is 0 Å². The molecule has 1 aliphatic carbocycles. The Morgan fingerprint density at radius 3 is 2.56 bits per heavy atom. The summed E-state index contributed by atoms with van der Waals surface area (Å²) in [6.07, 6.45) is 4.78. The van der Waals surface area contributed by atoms with Gasteiger partial charge in [0.25, 0.3) is 0 Å². The molecule has 2 rings (SSSR count). The second kappa shape index (κ2) is 3.89. The molecule has 1 aliphatic rings. The van der Waals surface area contributed by atoms with Crippen molar-refractivity contribution in [1.82, 2.24) is 0 Å². The molecule has 0 heterocycles. The van der Waals surface area contributed by atoms with Crippen molar-refractivity contribution in [1.29, 1.82) is 0 Å². The van der Waals surface area contributed by atoms with E-state index in [1.165, 1.54) is 24.0 Å². The molecule has 1 atom stereocenters. The van der Waals surface area contributed by atoms with E-state index in [0.29, 0.717) is 5.41 Å². The monoisotopic (exact) mass is 217 g/mol. The van der Waals surface area contributed by atoms with Crippen LogP contribution in [0.1, 0.15) is 50.7 Å². The maximum Gasteiger partial charge on any atom is 0.0414 e.